The molecule has 0 aliphatic rings. The molecular formula is C22H19F3N2O4S. The van der Waals surface area contributed by atoms with Gasteiger partial charge in [0.05, 0.1) is 12.7 Å². The van der Waals surface area contributed by atoms with E-state index in [1.165, 1.54) is 61.7 Å². The molecular weight excluding hydrogens is 445 g/mol. The quantitative estimate of drug-likeness (QED) is 0.577. The van der Waals surface area contributed by atoms with Crippen LogP contribution >= 0.6 is 0 Å². The van der Waals surface area contributed by atoms with Crippen molar-refractivity contribution in [2.75, 3.05) is 12.4 Å². The fourth-order valence-corrected chi connectivity index (χ4v) is 3.93. The second-order valence-electron chi connectivity index (χ2n) is 6.94. The van der Waals surface area contributed by atoms with Crippen molar-refractivity contribution in [1.82, 2.24) is 0 Å². The Hall–Kier alpha value is -3.37. The highest BCUT2D eigenvalue weighted by Gasteiger charge is 2.33. The number of nitrogens with two attached hydrogens (primary N) is 1. The molecule has 3 aromatic rings. The largest absolute Gasteiger partial charge is 0.495 e. The van der Waals surface area contributed by atoms with E-state index in [4.69, 9.17) is 9.88 Å². The van der Waals surface area contributed by atoms with E-state index >= 15 is 0 Å². The van der Waals surface area contributed by atoms with E-state index in [1.807, 2.05) is 0 Å². The molecule has 6 nitrogen and oxygen atoms in total. The van der Waals surface area contributed by atoms with Gasteiger partial charge in [-0.1, -0.05) is 30.3 Å². The van der Waals surface area contributed by atoms with E-state index in [0.29, 0.717) is 11.1 Å². The Morgan fingerprint density at radius 1 is 1.03 bits per heavy atom. The number of hydrogen-bond acceptors (Lipinski definition) is 4. The Bertz CT molecular complexity index is 1290. The molecule has 0 saturated carbocycles. The first-order valence-electron chi connectivity index (χ1n) is 9.21. The average molecular weight is 464 g/mol. The maximum atomic E-state index is 13.3. The Morgan fingerprint density at radius 3 is 2.31 bits per heavy atom. The van der Waals surface area contributed by atoms with Crippen molar-refractivity contribution in [3.63, 3.8) is 0 Å². The molecule has 3 N–H and O–H groups in total. The molecule has 10 heteroatoms. The van der Waals surface area contributed by atoms with E-state index in [2.05, 4.69) is 5.32 Å². The maximum Gasteiger partial charge on any atom is 0.417 e. The van der Waals surface area contributed by atoms with Gasteiger partial charge in [-0.2, -0.15) is 13.2 Å². The molecule has 32 heavy (non-hydrogen) atoms. The molecule has 168 valence electrons. The van der Waals surface area contributed by atoms with Crippen LogP contribution in [0.5, 0.6) is 5.75 Å². The average Bonchev–Trinajstić information content (AvgIpc) is 2.72. The van der Waals surface area contributed by atoms with Crippen LogP contribution in [0.3, 0.4) is 0 Å². The number of carbonyl (C=O) groups is 1. The number of amides is 1. The van der Waals surface area contributed by atoms with Crippen LogP contribution in [0.2, 0.25) is 0 Å². The number of alkyl halides is 3. The van der Waals surface area contributed by atoms with Crippen LogP contribution in [-0.4, -0.2) is 21.4 Å². The highest BCUT2D eigenvalue weighted by Crippen LogP contribution is 2.37. The zero-order chi connectivity index (χ0) is 23.7. The minimum absolute atomic E-state index is 0.0124. The summed E-state index contributed by atoms with van der Waals surface area (Å²) < 4.78 is 68.2. The zero-order valence-electron chi connectivity index (χ0n) is 17.0. The highest BCUT2D eigenvalue weighted by atomic mass is 32.2. The smallest absolute Gasteiger partial charge is 0.417 e. The second-order valence-corrected chi connectivity index (χ2v) is 8.47. The van der Waals surface area contributed by atoms with Gasteiger partial charge in [-0.3, -0.25) is 4.79 Å². The molecule has 3 rings (SSSR count). The first-order valence-corrected chi connectivity index (χ1v) is 10.8. The minimum atomic E-state index is -4.51. The zero-order valence-corrected chi connectivity index (χ0v) is 17.8. The SMILES string of the molecule is COc1cc(NC(=O)c2ccc(-c3ccccc3C(F)(F)F)cc2C)ccc1S(N)(=O)=O. The third-order valence-corrected chi connectivity index (χ3v) is 5.69. The number of benzene rings is 3. The highest BCUT2D eigenvalue weighted by molar-refractivity contribution is 7.89. The molecule has 0 radical (unpaired) electrons. The van der Waals surface area contributed by atoms with Gasteiger partial charge < -0.3 is 10.1 Å². The summed E-state index contributed by atoms with van der Waals surface area (Å²) in [4.78, 5) is 12.5. The fraction of sp³-hybridized carbons (Fsp3) is 0.136. The van der Waals surface area contributed by atoms with Crippen molar-refractivity contribution in [2.45, 2.75) is 18.0 Å². The van der Waals surface area contributed by atoms with Crippen molar-refractivity contribution >= 4 is 21.6 Å². The first-order chi connectivity index (χ1) is 14.9. The molecule has 0 aliphatic carbocycles. The Labute approximate surface area is 182 Å². The van der Waals surface area contributed by atoms with Gasteiger partial charge in [0.2, 0.25) is 10.0 Å². The number of primary sulfonamides is 1. The van der Waals surface area contributed by atoms with Crippen LogP contribution in [0.25, 0.3) is 11.1 Å². The van der Waals surface area contributed by atoms with E-state index in [-0.39, 0.29) is 27.5 Å². The number of aryl methyl sites for hydroxylation is 1. The van der Waals surface area contributed by atoms with Gasteiger partial charge in [-0.05, 0) is 47.9 Å². The van der Waals surface area contributed by atoms with Crippen LogP contribution < -0.4 is 15.2 Å². The summed E-state index contributed by atoms with van der Waals surface area (Å²) in [5.41, 5.74) is 0.533. The third kappa shape index (κ3) is 4.92. The lowest BCUT2D eigenvalue weighted by atomic mass is 9.95. The predicted octanol–water partition coefficient (Wildman–Crippen LogP) is 4.59. The lowest BCUT2D eigenvalue weighted by Crippen LogP contribution is -2.16. The molecule has 0 spiro atoms. The first kappa shape index (κ1) is 23.3. The summed E-state index contributed by atoms with van der Waals surface area (Å²) in [6.07, 6.45) is -4.51. The van der Waals surface area contributed by atoms with Gasteiger partial charge in [0, 0.05) is 17.3 Å². The van der Waals surface area contributed by atoms with Gasteiger partial charge in [0.1, 0.15) is 10.6 Å². The Morgan fingerprint density at radius 2 is 1.72 bits per heavy atom. The van der Waals surface area contributed by atoms with Gasteiger partial charge in [-0.25, -0.2) is 13.6 Å². The summed E-state index contributed by atoms with van der Waals surface area (Å²) in [7, 11) is -2.75. The van der Waals surface area contributed by atoms with Crippen LogP contribution in [0.15, 0.2) is 65.6 Å². The number of nitrogens with one attached hydrogen (secondary N) is 1. The molecule has 3 aromatic carbocycles. The second kappa shape index (κ2) is 8.64. The van der Waals surface area contributed by atoms with Crippen molar-refractivity contribution in [1.29, 1.82) is 0 Å². The van der Waals surface area contributed by atoms with Crippen molar-refractivity contribution in [3.8, 4) is 16.9 Å². The number of anilines is 1. The summed E-state index contributed by atoms with van der Waals surface area (Å²) >= 11 is 0. The molecule has 0 heterocycles. The predicted molar refractivity (Wildman–Crippen MR) is 114 cm³/mol. The molecule has 0 unspecified atom stereocenters. The number of halogens is 3. The summed E-state index contributed by atoms with van der Waals surface area (Å²) in [5, 5.41) is 7.74. The van der Waals surface area contributed by atoms with E-state index in [9.17, 15) is 26.4 Å². The number of sulfonamides is 1. The van der Waals surface area contributed by atoms with Crippen molar-refractivity contribution in [3.05, 3.63) is 77.4 Å². The van der Waals surface area contributed by atoms with Gasteiger partial charge >= 0.3 is 6.18 Å². The topological polar surface area (TPSA) is 98.5 Å². The van der Waals surface area contributed by atoms with Crippen LogP contribution in [0, 0.1) is 6.92 Å². The van der Waals surface area contributed by atoms with Crippen LogP contribution in [0.1, 0.15) is 21.5 Å². The minimum Gasteiger partial charge on any atom is -0.495 e. The monoisotopic (exact) mass is 464 g/mol. The number of carbonyl (C=O) groups excluding carboxylic acids is 1. The number of ether oxygens (including phenoxy) is 1. The lowest BCUT2D eigenvalue weighted by Gasteiger charge is -2.15. The van der Waals surface area contributed by atoms with E-state index < -0.39 is 27.7 Å². The number of rotatable bonds is 5. The maximum absolute atomic E-state index is 13.3. The molecule has 0 atom stereocenters. The summed E-state index contributed by atoms with van der Waals surface area (Å²) in [6, 6.07) is 13.4. The molecule has 0 aliphatic heterocycles. The van der Waals surface area contributed by atoms with Gasteiger partial charge in [0.25, 0.3) is 5.91 Å². The molecule has 0 saturated heterocycles. The molecule has 1 amide bonds. The summed E-state index contributed by atoms with van der Waals surface area (Å²) in [5.74, 6) is -0.565. The van der Waals surface area contributed by atoms with Crippen LogP contribution in [0.4, 0.5) is 18.9 Å². The van der Waals surface area contributed by atoms with Crippen molar-refractivity contribution < 1.29 is 31.1 Å². The van der Waals surface area contributed by atoms with Crippen molar-refractivity contribution in [2.24, 2.45) is 5.14 Å². The summed E-state index contributed by atoms with van der Waals surface area (Å²) in [6.45, 7) is 1.61. The van der Waals surface area contributed by atoms with E-state index in [0.717, 1.165) is 6.07 Å². The normalized spacial score (nSPS) is 11.8. The molecule has 0 aromatic heterocycles. The lowest BCUT2D eigenvalue weighted by molar-refractivity contribution is -0.137. The van der Waals surface area contributed by atoms with E-state index in [1.54, 1.807) is 6.92 Å². The Balaban J connectivity index is 1.91. The van der Waals surface area contributed by atoms with Gasteiger partial charge in [-0.15, -0.1) is 0 Å². The standard InChI is InChI=1S/C22H19F3N2O4S/c1-13-11-14(17-5-3-4-6-18(17)22(23,24)25)7-9-16(13)21(28)27-15-8-10-20(32(26,29)30)19(12-15)31-2/h3-12H,1-2H3,(H,27,28)(H2,26,29,30). The third-order valence-electron chi connectivity index (χ3n) is 4.74. The fourth-order valence-electron chi connectivity index (χ4n) is 3.25. The molecule has 0 fully saturated rings. The van der Waals surface area contributed by atoms with Gasteiger partial charge in [0.15, 0.2) is 0 Å². The number of methoxy groups -OCH3 is 1. The molecule has 0 bridgehead atoms. The number of hydrogen-bond donors (Lipinski definition) is 2. The van der Waals surface area contributed by atoms with Crippen LogP contribution in [-0.2, 0) is 16.2 Å². The Kier molecular flexibility index (Phi) is 6.29.